The van der Waals surface area contributed by atoms with Gasteiger partial charge in [-0.05, 0) is 26.3 Å². The van der Waals surface area contributed by atoms with Crippen molar-refractivity contribution in [3.63, 3.8) is 0 Å². The van der Waals surface area contributed by atoms with Crippen LogP contribution in [0.15, 0.2) is 16.8 Å². The lowest BCUT2D eigenvalue weighted by Gasteiger charge is -2.07. The smallest absolute Gasteiger partial charge is 0.276 e. The number of nitrogens with zero attached hydrogens (tertiary/aromatic N) is 4. The molecule has 6 nitrogen and oxygen atoms in total. The number of hydrogen-bond donors (Lipinski definition) is 0. The Bertz CT molecular complexity index is 526. The van der Waals surface area contributed by atoms with Crippen molar-refractivity contribution in [2.75, 3.05) is 13.2 Å². The summed E-state index contributed by atoms with van der Waals surface area (Å²) < 4.78 is 12.5. The summed E-state index contributed by atoms with van der Waals surface area (Å²) >= 11 is 0. The molecule has 1 atom stereocenters. The fourth-order valence-electron chi connectivity index (χ4n) is 2.14. The molecule has 0 saturated carbocycles. The van der Waals surface area contributed by atoms with Crippen LogP contribution in [0.4, 0.5) is 0 Å². The molecule has 1 aliphatic heterocycles. The van der Waals surface area contributed by atoms with Crippen LogP contribution < -0.4 is 0 Å². The van der Waals surface area contributed by atoms with E-state index in [0.29, 0.717) is 12.5 Å². The van der Waals surface area contributed by atoms with Crippen LogP contribution in [-0.2, 0) is 4.74 Å². The molecule has 0 N–H and O–H groups in total. The SMILES string of the molecule is CC(C)n1nccc1-c1nc(C2CCOC2)no1. The van der Waals surface area contributed by atoms with Crippen molar-refractivity contribution in [2.45, 2.75) is 32.2 Å². The van der Waals surface area contributed by atoms with Gasteiger partial charge < -0.3 is 9.26 Å². The monoisotopic (exact) mass is 248 g/mol. The molecule has 0 aliphatic carbocycles. The Balaban J connectivity index is 1.90. The van der Waals surface area contributed by atoms with Gasteiger partial charge in [0.25, 0.3) is 5.89 Å². The van der Waals surface area contributed by atoms with E-state index in [-0.39, 0.29) is 12.0 Å². The molecule has 1 saturated heterocycles. The standard InChI is InChI=1S/C12H16N4O2/c1-8(2)16-10(3-5-13-16)12-14-11(15-18-12)9-4-6-17-7-9/h3,5,8-9H,4,6-7H2,1-2H3. The zero-order valence-corrected chi connectivity index (χ0v) is 10.5. The lowest BCUT2D eigenvalue weighted by Crippen LogP contribution is -2.05. The molecule has 1 unspecified atom stereocenters. The average molecular weight is 248 g/mol. The van der Waals surface area contributed by atoms with Crippen LogP contribution in [0.2, 0.25) is 0 Å². The van der Waals surface area contributed by atoms with Gasteiger partial charge in [0.15, 0.2) is 5.82 Å². The Morgan fingerprint density at radius 1 is 1.44 bits per heavy atom. The van der Waals surface area contributed by atoms with Gasteiger partial charge in [-0.25, -0.2) is 0 Å². The Morgan fingerprint density at radius 3 is 3.06 bits per heavy atom. The first-order valence-corrected chi connectivity index (χ1v) is 6.21. The van der Waals surface area contributed by atoms with Gasteiger partial charge in [0, 0.05) is 24.8 Å². The lowest BCUT2D eigenvalue weighted by molar-refractivity contribution is 0.192. The maximum atomic E-state index is 5.33. The van der Waals surface area contributed by atoms with Crippen LogP contribution in [-0.4, -0.2) is 33.1 Å². The van der Waals surface area contributed by atoms with Crippen LogP contribution in [0.25, 0.3) is 11.6 Å². The fraction of sp³-hybridized carbons (Fsp3) is 0.583. The van der Waals surface area contributed by atoms with Gasteiger partial charge in [-0.3, -0.25) is 4.68 Å². The first-order valence-electron chi connectivity index (χ1n) is 6.21. The maximum Gasteiger partial charge on any atom is 0.276 e. The minimum atomic E-state index is 0.262. The molecule has 0 radical (unpaired) electrons. The molecular formula is C12H16N4O2. The molecule has 2 aromatic heterocycles. The summed E-state index contributed by atoms with van der Waals surface area (Å²) in [6.07, 6.45) is 2.71. The fourth-order valence-corrected chi connectivity index (χ4v) is 2.14. The van der Waals surface area contributed by atoms with E-state index >= 15 is 0 Å². The van der Waals surface area contributed by atoms with Gasteiger partial charge in [-0.1, -0.05) is 5.16 Å². The second kappa shape index (κ2) is 4.53. The number of rotatable bonds is 3. The van der Waals surface area contributed by atoms with Crippen LogP contribution in [0.3, 0.4) is 0 Å². The molecule has 3 heterocycles. The Labute approximate surface area is 105 Å². The minimum Gasteiger partial charge on any atom is -0.381 e. The predicted octanol–water partition coefficient (Wildman–Crippen LogP) is 2.02. The van der Waals surface area contributed by atoms with E-state index in [2.05, 4.69) is 29.1 Å². The van der Waals surface area contributed by atoms with Gasteiger partial charge in [0.2, 0.25) is 0 Å². The quantitative estimate of drug-likeness (QED) is 0.831. The van der Waals surface area contributed by atoms with Crippen molar-refractivity contribution in [2.24, 2.45) is 0 Å². The van der Waals surface area contributed by atoms with Gasteiger partial charge in [0.1, 0.15) is 5.69 Å². The number of ether oxygens (including phenoxy) is 1. The van der Waals surface area contributed by atoms with E-state index < -0.39 is 0 Å². The number of hydrogen-bond acceptors (Lipinski definition) is 5. The zero-order chi connectivity index (χ0) is 12.5. The Hall–Kier alpha value is -1.69. The van der Waals surface area contributed by atoms with Crippen molar-refractivity contribution in [1.82, 2.24) is 19.9 Å². The maximum absolute atomic E-state index is 5.33. The van der Waals surface area contributed by atoms with E-state index in [0.717, 1.165) is 24.5 Å². The van der Waals surface area contributed by atoms with Crippen molar-refractivity contribution in [1.29, 1.82) is 0 Å². The lowest BCUT2D eigenvalue weighted by atomic mass is 10.1. The van der Waals surface area contributed by atoms with Crippen LogP contribution in [0, 0.1) is 0 Å². The van der Waals surface area contributed by atoms with E-state index in [1.54, 1.807) is 6.20 Å². The molecule has 3 rings (SSSR count). The molecule has 1 aliphatic rings. The second-order valence-electron chi connectivity index (χ2n) is 4.77. The van der Waals surface area contributed by atoms with Gasteiger partial charge in [0.05, 0.1) is 6.61 Å². The van der Waals surface area contributed by atoms with Gasteiger partial charge in [-0.15, -0.1) is 0 Å². The summed E-state index contributed by atoms with van der Waals surface area (Å²) in [5.74, 6) is 1.53. The Morgan fingerprint density at radius 2 is 2.33 bits per heavy atom. The van der Waals surface area contributed by atoms with E-state index in [9.17, 15) is 0 Å². The molecule has 0 bridgehead atoms. The highest BCUT2D eigenvalue weighted by Crippen LogP contribution is 2.26. The van der Waals surface area contributed by atoms with Gasteiger partial charge >= 0.3 is 0 Å². The van der Waals surface area contributed by atoms with E-state index in [1.807, 2.05) is 10.7 Å². The number of aromatic nitrogens is 4. The van der Waals surface area contributed by atoms with Crippen LogP contribution in [0.1, 0.15) is 38.1 Å². The highest BCUT2D eigenvalue weighted by Gasteiger charge is 2.24. The Kier molecular flexibility index (Phi) is 2.87. The minimum absolute atomic E-state index is 0.262. The van der Waals surface area contributed by atoms with Gasteiger partial charge in [-0.2, -0.15) is 10.1 Å². The van der Waals surface area contributed by atoms with Crippen molar-refractivity contribution >= 4 is 0 Å². The third-order valence-corrected chi connectivity index (χ3v) is 3.12. The van der Waals surface area contributed by atoms with Crippen molar-refractivity contribution in [3.8, 4) is 11.6 Å². The normalized spacial score (nSPS) is 19.8. The molecule has 6 heteroatoms. The average Bonchev–Trinajstić information content (AvgIpc) is 3.10. The molecule has 0 spiro atoms. The zero-order valence-electron chi connectivity index (χ0n) is 10.5. The first-order chi connectivity index (χ1) is 8.75. The topological polar surface area (TPSA) is 66.0 Å². The highest BCUT2D eigenvalue weighted by atomic mass is 16.5. The summed E-state index contributed by atoms with van der Waals surface area (Å²) in [7, 11) is 0. The summed E-state index contributed by atoms with van der Waals surface area (Å²) in [4.78, 5) is 4.46. The molecule has 18 heavy (non-hydrogen) atoms. The third-order valence-electron chi connectivity index (χ3n) is 3.12. The summed E-state index contributed by atoms with van der Waals surface area (Å²) in [5, 5.41) is 8.31. The summed E-state index contributed by atoms with van der Waals surface area (Å²) in [6, 6.07) is 2.16. The van der Waals surface area contributed by atoms with Crippen molar-refractivity contribution < 1.29 is 9.26 Å². The molecule has 2 aromatic rings. The second-order valence-corrected chi connectivity index (χ2v) is 4.77. The first kappa shape index (κ1) is 11.4. The van der Waals surface area contributed by atoms with Crippen LogP contribution in [0.5, 0.6) is 0 Å². The van der Waals surface area contributed by atoms with Crippen LogP contribution >= 0.6 is 0 Å². The highest BCUT2D eigenvalue weighted by molar-refractivity contribution is 5.46. The molecule has 0 aromatic carbocycles. The largest absolute Gasteiger partial charge is 0.381 e. The van der Waals surface area contributed by atoms with E-state index in [4.69, 9.17) is 9.26 Å². The molecule has 1 fully saturated rings. The third kappa shape index (κ3) is 1.92. The predicted molar refractivity (Wildman–Crippen MR) is 64.1 cm³/mol. The summed E-state index contributed by atoms with van der Waals surface area (Å²) in [5.41, 5.74) is 0.864. The van der Waals surface area contributed by atoms with Crippen molar-refractivity contribution in [3.05, 3.63) is 18.1 Å². The molecule has 96 valence electrons. The van der Waals surface area contributed by atoms with E-state index in [1.165, 1.54) is 0 Å². The summed E-state index contributed by atoms with van der Waals surface area (Å²) in [6.45, 7) is 5.60. The molecule has 0 amide bonds. The molecular weight excluding hydrogens is 232 g/mol.